The fourth-order valence-electron chi connectivity index (χ4n) is 1.30. The van der Waals surface area contributed by atoms with E-state index < -0.39 is 23.7 Å². The van der Waals surface area contributed by atoms with Gasteiger partial charge in [0.1, 0.15) is 24.3 Å². The van der Waals surface area contributed by atoms with Crippen LogP contribution in [0.25, 0.3) is 0 Å². The Hall–Kier alpha value is -1.34. The number of halogens is 4. The predicted molar refractivity (Wildman–Crippen MR) is 56.8 cm³/mol. The summed E-state index contributed by atoms with van der Waals surface area (Å²) in [6.07, 6.45) is -5.62. The summed E-state index contributed by atoms with van der Waals surface area (Å²) in [6, 6.07) is 2.33. The van der Waals surface area contributed by atoms with Crippen LogP contribution in [-0.4, -0.2) is 31.4 Å². The van der Waals surface area contributed by atoms with Gasteiger partial charge in [0.25, 0.3) is 0 Å². The highest BCUT2D eigenvalue weighted by atomic mass is 19.4. The average molecular weight is 267 g/mol. The Bertz CT molecular complexity index is 395. The zero-order chi connectivity index (χ0) is 13.8. The van der Waals surface area contributed by atoms with Crippen LogP contribution >= 0.6 is 0 Å². The van der Waals surface area contributed by atoms with Crippen LogP contribution in [0.5, 0.6) is 5.75 Å². The molecule has 18 heavy (non-hydrogen) atoms. The Balaban J connectivity index is 2.74. The van der Waals surface area contributed by atoms with Gasteiger partial charge in [0.2, 0.25) is 0 Å². The number of rotatable bonds is 5. The van der Waals surface area contributed by atoms with Crippen molar-refractivity contribution in [2.75, 3.05) is 20.2 Å². The van der Waals surface area contributed by atoms with E-state index in [2.05, 4.69) is 5.32 Å². The van der Waals surface area contributed by atoms with Gasteiger partial charge in [0.05, 0.1) is 5.56 Å². The van der Waals surface area contributed by atoms with Crippen LogP contribution in [0.4, 0.5) is 17.6 Å². The van der Waals surface area contributed by atoms with Gasteiger partial charge in [-0.15, -0.1) is 0 Å². The van der Waals surface area contributed by atoms with Gasteiger partial charge in [-0.2, -0.15) is 13.2 Å². The number of likely N-dealkylation sites (N-methyl/N-ethyl adjacent to an activating group) is 1. The molecule has 1 aromatic carbocycles. The van der Waals surface area contributed by atoms with Gasteiger partial charge in [0.15, 0.2) is 0 Å². The lowest BCUT2D eigenvalue weighted by Gasteiger charge is -2.13. The molecular weight excluding hydrogens is 254 g/mol. The zero-order valence-corrected chi connectivity index (χ0v) is 9.59. The summed E-state index contributed by atoms with van der Waals surface area (Å²) in [5.74, 6) is -1.50. The lowest BCUT2D eigenvalue weighted by atomic mass is 10.2. The SMILES string of the molecule is CNCC(O)COc1ccc(F)c(C(F)(F)F)c1. The van der Waals surface area contributed by atoms with Crippen molar-refractivity contribution in [2.45, 2.75) is 12.3 Å². The molecule has 0 aliphatic heterocycles. The highest BCUT2D eigenvalue weighted by Crippen LogP contribution is 2.33. The molecule has 1 rings (SSSR count). The number of alkyl halides is 3. The molecule has 7 heteroatoms. The van der Waals surface area contributed by atoms with Crippen molar-refractivity contribution in [3.05, 3.63) is 29.6 Å². The maximum Gasteiger partial charge on any atom is 0.419 e. The molecule has 0 aromatic heterocycles. The van der Waals surface area contributed by atoms with Gasteiger partial charge >= 0.3 is 6.18 Å². The molecule has 0 saturated carbocycles. The van der Waals surface area contributed by atoms with Crippen molar-refractivity contribution >= 4 is 0 Å². The van der Waals surface area contributed by atoms with Crippen molar-refractivity contribution in [3.63, 3.8) is 0 Å². The van der Waals surface area contributed by atoms with Crippen LogP contribution < -0.4 is 10.1 Å². The number of hydrogen-bond donors (Lipinski definition) is 2. The third-order valence-corrected chi connectivity index (χ3v) is 2.13. The second kappa shape index (κ2) is 6.01. The number of hydrogen-bond acceptors (Lipinski definition) is 3. The summed E-state index contributed by atoms with van der Waals surface area (Å²) in [4.78, 5) is 0. The largest absolute Gasteiger partial charge is 0.491 e. The molecule has 1 aromatic rings. The molecule has 0 amide bonds. The Kier molecular flexibility index (Phi) is 4.92. The van der Waals surface area contributed by atoms with Crippen molar-refractivity contribution < 1.29 is 27.4 Å². The second-order valence-corrected chi connectivity index (χ2v) is 3.66. The van der Waals surface area contributed by atoms with Crippen LogP contribution in [0.15, 0.2) is 18.2 Å². The summed E-state index contributed by atoms with van der Waals surface area (Å²) in [5.41, 5.74) is -1.39. The summed E-state index contributed by atoms with van der Waals surface area (Å²) >= 11 is 0. The summed E-state index contributed by atoms with van der Waals surface area (Å²) in [7, 11) is 1.61. The molecule has 0 bridgehead atoms. The van der Waals surface area contributed by atoms with Gasteiger partial charge in [-0.05, 0) is 25.2 Å². The normalized spacial score (nSPS) is 13.4. The first-order chi connectivity index (χ1) is 8.34. The van der Waals surface area contributed by atoms with Gasteiger partial charge in [-0.1, -0.05) is 0 Å². The summed E-state index contributed by atoms with van der Waals surface area (Å²) in [5, 5.41) is 12.0. The van der Waals surface area contributed by atoms with Gasteiger partial charge < -0.3 is 15.2 Å². The molecular formula is C11H13F4NO2. The van der Waals surface area contributed by atoms with Crippen molar-refractivity contribution in [1.29, 1.82) is 0 Å². The Morgan fingerprint density at radius 3 is 2.61 bits per heavy atom. The van der Waals surface area contributed by atoms with E-state index in [9.17, 15) is 22.7 Å². The Labute approximate surface area is 101 Å². The van der Waals surface area contributed by atoms with E-state index in [4.69, 9.17) is 4.74 Å². The molecule has 0 spiro atoms. The standard InChI is InChI=1S/C11H13F4NO2/c1-16-5-7(17)6-18-8-2-3-10(12)9(4-8)11(13,14)15/h2-4,7,16-17H,5-6H2,1H3. The maximum atomic E-state index is 13.0. The molecule has 3 nitrogen and oxygen atoms in total. The predicted octanol–water partition coefficient (Wildman–Crippen LogP) is 1.80. The zero-order valence-electron chi connectivity index (χ0n) is 9.59. The molecule has 0 saturated heterocycles. The minimum atomic E-state index is -4.77. The molecule has 0 aliphatic rings. The second-order valence-electron chi connectivity index (χ2n) is 3.66. The first-order valence-electron chi connectivity index (χ1n) is 5.17. The number of aliphatic hydroxyl groups excluding tert-OH is 1. The van der Waals surface area contributed by atoms with E-state index in [1.165, 1.54) is 0 Å². The highest BCUT2D eigenvalue weighted by Gasteiger charge is 2.34. The topological polar surface area (TPSA) is 41.5 Å². The monoisotopic (exact) mass is 267 g/mol. The van der Waals surface area contributed by atoms with Gasteiger partial charge in [-0.3, -0.25) is 0 Å². The molecule has 102 valence electrons. The molecule has 0 radical (unpaired) electrons. The smallest absolute Gasteiger partial charge is 0.419 e. The van der Waals surface area contributed by atoms with Gasteiger partial charge in [0, 0.05) is 6.54 Å². The quantitative estimate of drug-likeness (QED) is 0.799. The van der Waals surface area contributed by atoms with Crippen molar-refractivity contribution in [3.8, 4) is 5.75 Å². The van der Waals surface area contributed by atoms with E-state index >= 15 is 0 Å². The van der Waals surface area contributed by atoms with Crippen LogP contribution in [0.2, 0.25) is 0 Å². The Morgan fingerprint density at radius 2 is 2.06 bits per heavy atom. The minimum absolute atomic E-state index is 0.140. The third kappa shape index (κ3) is 4.15. The number of nitrogens with one attached hydrogen (secondary N) is 1. The molecule has 0 heterocycles. The van der Waals surface area contributed by atoms with Crippen LogP contribution in [0, 0.1) is 5.82 Å². The van der Waals surface area contributed by atoms with Crippen LogP contribution in [0.3, 0.4) is 0 Å². The lowest BCUT2D eigenvalue weighted by Crippen LogP contribution is -2.29. The highest BCUT2D eigenvalue weighted by molar-refractivity contribution is 5.31. The third-order valence-electron chi connectivity index (χ3n) is 2.13. The minimum Gasteiger partial charge on any atom is -0.491 e. The average Bonchev–Trinajstić information content (AvgIpc) is 2.27. The fourth-order valence-corrected chi connectivity index (χ4v) is 1.30. The van der Waals surface area contributed by atoms with Crippen LogP contribution in [-0.2, 0) is 6.18 Å². The lowest BCUT2D eigenvalue weighted by molar-refractivity contribution is -0.140. The van der Waals surface area contributed by atoms with E-state index in [0.717, 1.165) is 6.07 Å². The fraction of sp³-hybridized carbons (Fsp3) is 0.455. The molecule has 1 unspecified atom stereocenters. The maximum absolute atomic E-state index is 13.0. The first-order valence-corrected chi connectivity index (χ1v) is 5.17. The number of benzene rings is 1. The number of aliphatic hydroxyl groups is 1. The van der Waals surface area contributed by atoms with E-state index in [1.54, 1.807) is 7.05 Å². The van der Waals surface area contributed by atoms with E-state index in [1.807, 2.05) is 0 Å². The molecule has 1 atom stereocenters. The Morgan fingerprint density at radius 1 is 1.39 bits per heavy atom. The molecule has 0 aliphatic carbocycles. The van der Waals surface area contributed by atoms with Crippen molar-refractivity contribution in [2.24, 2.45) is 0 Å². The van der Waals surface area contributed by atoms with Crippen molar-refractivity contribution in [1.82, 2.24) is 5.32 Å². The molecule has 2 N–H and O–H groups in total. The van der Waals surface area contributed by atoms with E-state index in [0.29, 0.717) is 12.1 Å². The summed E-state index contributed by atoms with van der Waals surface area (Å²) < 4.78 is 55.1. The molecule has 0 fully saturated rings. The van der Waals surface area contributed by atoms with Gasteiger partial charge in [-0.25, -0.2) is 4.39 Å². The van der Waals surface area contributed by atoms with Crippen LogP contribution in [0.1, 0.15) is 5.56 Å². The first kappa shape index (κ1) is 14.7. The van der Waals surface area contributed by atoms with E-state index in [-0.39, 0.29) is 18.9 Å². The number of ether oxygens (including phenoxy) is 1. The summed E-state index contributed by atoms with van der Waals surface area (Å²) in [6.45, 7) is 0.0666.